The monoisotopic (exact) mass is 92.2 g/mol. The summed E-state index contributed by atoms with van der Waals surface area (Å²) in [5.41, 5.74) is 0. The van der Waals surface area contributed by atoms with Crippen molar-refractivity contribution in [2.45, 2.75) is 22.3 Å². The number of rotatable bonds is 0. The van der Waals surface area contributed by atoms with Gasteiger partial charge in [-0.1, -0.05) is 22.3 Å². The van der Waals surface area contributed by atoms with Gasteiger partial charge < -0.3 is 11.0 Å². The molecule has 0 aliphatic rings. The maximum atomic E-state index is 0. The van der Waals surface area contributed by atoms with Crippen molar-refractivity contribution in [1.82, 2.24) is 0 Å². The summed E-state index contributed by atoms with van der Waals surface area (Å²) in [6.07, 6.45) is 0. The van der Waals surface area contributed by atoms with Crippen LogP contribution in [0.5, 0.6) is 0 Å². The second-order valence-corrected chi connectivity index (χ2v) is 0. The lowest BCUT2D eigenvalue weighted by Gasteiger charge is -0.413. The van der Waals surface area contributed by atoms with Crippen molar-refractivity contribution in [2.24, 2.45) is 0 Å². The molecule has 0 rings (SSSR count). The van der Waals surface area contributed by atoms with E-state index in [-0.39, 0.29) is 38.9 Å². The van der Waals surface area contributed by atoms with E-state index in [1.54, 1.807) is 0 Å². The Bertz CT molecular complexity index is 13.8. The van der Waals surface area contributed by atoms with Gasteiger partial charge in [-0.25, -0.2) is 0 Å². The van der Waals surface area contributed by atoms with Crippen LogP contribution in [-0.4, -0.2) is 11.0 Å². The second-order valence-electron chi connectivity index (χ2n) is 0. The normalized spacial score (nSPS) is 0. The van der Waals surface area contributed by atoms with Gasteiger partial charge in [0, 0.05) is 5.71 Å². The first-order valence-corrected chi connectivity index (χ1v) is 0. The van der Waals surface area contributed by atoms with Gasteiger partial charge in [0.2, 0.25) is 0 Å². The quantitative estimate of drug-likeness (QED) is 0.431. The van der Waals surface area contributed by atoms with Gasteiger partial charge in [0.25, 0.3) is 0 Å². The minimum absolute atomic E-state index is 0. The van der Waals surface area contributed by atoms with Crippen molar-refractivity contribution >= 4 is 0 Å². The average molecular weight is 92.2 g/mol. The van der Waals surface area contributed by atoms with Gasteiger partial charge in [0.05, 0.1) is 0 Å². The molecule has 0 aliphatic carbocycles. The molecule has 2 heteroatoms. The molecule has 0 spiro atoms. The Morgan fingerprint density at radius 1 is 0.600 bits per heavy atom. The molecular formula is C3H24O2. The van der Waals surface area contributed by atoms with Crippen LogP contribution < -0.4 is 0 Å². The topological polar surface area (TPSA) is 63.0 Å². The Kier molecular flexibility index (Phi) is 12300000. The van der Waals surface area contributed by atoms with Gasteiger partial charge in [-0.15, -0.1) is 0 Å². The molecule has 4 N–H and O–H groups in total. The van der Waals surface area contributed by atoms with Crippen molar-refractivity contribution in [3.05, 3.63) is 0 Å². The molecule has 2 nitrogen and oxygen atoms in total. The molecule has 0 heterocycles. The van der Waals surface area contributed by atoms with E-state index in [9.17, 15) is 0 Å². The highest BCUT2D eigenvalue weighted by Gasteiger charge is -0.0755. The lowest BCUT2D eigenvalue weighted by atomic mass is 12.0. The molecule has 0 amide bonds. The van der Waals surface area contributed by atoms with Crippen LogP contribution in [-0.2, 0) is 0 Å². The van der Waals surface area contributed by atoms with E-state index in [2.05, 4.69) is 0 Å². The molecule has 0 aliphatic heterocycles. The van der Waals surface area contributed by atoms with Crippen molar-refractivity contribution in [3.8, 4) is 0 Å². The van der Waals surface area contributed by atoms with E-state index in [0.717, 1.165) is 0 Å². The van der Waals surface area contributed by atoms with E-state index in [1.165, 1.54) is 0 Å². The third kappa shape index (κ3) is 2260. The summed E-state index contributed by atoms with van der Waals surface area (Å²) in [4.78, 5) is 0. The van der Waals surface area contributed by atoms with E-state index in [4.69, 9.17) is 0 Å². The molecule has 0 aromatic heterocycles. The molecule has 0 radical (unpaired) electrons. The first-order valence-electron chi connectivity index (χ1n) is 0. The van der Waals surface area contributed by atoms with Crippen LogP contribution in [0, 0.1) is 0 Å². The number of hydrogen-bond donors (Lipinski definition) is 0. The highest BCUT2D eigenvalue weighted by molar-refractivity contribution is 2.51. The first-order chi connectivity index (χ1) is 0. The second kappa shape index (κ2) is 5220. The van der Waals surface area contributed by atoms with Gasteiger partial charge in [-0.3, -0.25) is 0 Å². The van der Waals surface area contributed by atoms with Crippen LogP contribution >= 0.6 is 0 Å². The fourth-order valence-electron chi connectivity index (χ4n) is 0. The molecule has 0 atom stereocenters. The summed E-state index contributed by atoms with van der Waals surface area (Å²) >= 11 is 0. The van der Waals surface area contributed by atoms with Crippen molar-refractivity contribution in [1.29, 1.82) is 0 Å². The highest BCUT2D eigenvalue weighted by Crippen LogP contribution is 0.146. The molecule has 0 unspecified atom stereocenters. The van der Waals surface area contributed by atoms with Crippen LogP contribution in [0.1, 0.15) is 28.0 Å². The lowest BCUT2D eigenvalue weighted by Crippen LogP contribution is -0.290. The molecule has 5 heavy (non-hydrogen) atoms. The van der Waals surface area contributed by atoms with E-state index >= 15 is 0 Å². The maximum Gasteiger partial charge on any atom is 0 e. The van der Waals surface area contributed by atoms with Gasteiger partial charge >= 0.3 is 0 Å². The van der Waals surface area contributed by atoms with Crippen LogP contribution in [0.15, 0.2) is 0 Å². The summed E-state index contributed by atoms with van der Waals surface area (Å²) in [5, 5.41) is 0. The lowest BCUT2D eigenvalue weighted by molar-refractivity contribution is 0.823. The van der Waals surface area contributed by atoms with E-state index < -0.39 is 0 Å². The Balaban J connectivity index is 0. The minimum Gasteiger partial charge on any atom is -0.412 e. The molecule has 0 fully saturated rings. The molecule has 0 aromatic carbocycles. The average Bonchev–Trinajstić information content (AvgIpc) is 0. The third-order valence-corrected chi connectivity index (χ3v) is 0. The third-order valence-electron chi connectivity index (χ3n) is 0. The van der Waals surface area contributed by atoms with Gasteiger partial charge in [0.1, 0.15) is 0 Å². The highest BCUT2D eigenvalue weighted by atomic mass is 16.0. The Labute approximate surface area is 40.4 Å². The number of hydrogen-bond acceptors (Lipinski definition) is 0. The summed E-state index contributed by atoms with van der Waals surface area (Å²) in [5.74, 6) is 0. The van der Waals surface area contributed by atoms with Gasteiger partial charge in [-0.2, -0.15) is 0 Å². The van der Waals surface area contributed by atoms with E-state index in [1.807, 2.05) is 0 Å². The fourth-order valence-corrected chi connectivity index (χ4v) is 0. The minimum atomic E-state index is 0. The fraction of sp³-hybridized carbons (Fsp3) is 1.00. The van der Waals surface area contributed by atoms with Crippen molar-refractivity contribution < 1.29 is 16.7 Å². The van der Waals surface area contributed by atoms with Gasteiger partial charge in [-0.05, 0) is 0 Å². The Morgan fingerprint density at radius 2 is 0.600 bits per heavy atom. The smallest absolute Gasteiger partial charge is 0 e. The molecule has 0 saturated heterocycles. The van der Waals surface area contributed by atoms with Gasteiger partial charge in [0.15, 0.2) is 0 Å². The summed E-state index contributed by atoms with van der Waals surface area (Å²) in [7, 11) is 0. The molecule has 48 valence electrons. The van der Waals surface area contributed by atoms with Crippen LogP contribution in [0.25, 0.3) is 0 Å². The van der Waals surface area contributed by atoms with Crippen molar-refractivity contribution in [3.63, 3.8) is 0 Å². The standard InChI is InChI=1S/3CH4.2H2O.4H2/h3*1H4;2*1H2;4*1H. The predicted octanol–water partition coefficient (Wildman–Crippen LogP) is 1.24. The molecule has 0 aromatic rings. The zero-order valence-corrected chi connectivity index (χ0v) is 1.00. The predicted molar refractivity (Wildman–Crippen MR) is 35.9 cm³/mol. The zero-order valence-electron chi connectivity index (χ0n) is 1.00. The maximum absolute atomic E-state index is 0. The summed E-state index contributed by atoms with van der Waals surface area (Å²) < 4.78 is 0. The summed E-state index contributed by atoms with van der Waals surface area (Å²) in [6, 6.07) is 0. The van der Waals surface area contributed by atoms with Crippen LogP contribution in [0.3, 0.4) is 0 Å². The molecule has 0 saturated carbocycles. The Morgan fingerprint density at radius 3 is 0.600 bits per heavy atom. The van der Waals surface area contributed by atoms with Crippen LogP contribution in [0.4, 0.5) is 0 Å². The van der Waals surface area contributed by atoms with E-state index in [0.29, 0.717) is 0 Å². The Hall–Kier alpha value is -0.0800. The summed E-state index contributed by atoms with van der Waals surface area (Å²) in [6.45, 7) is 0. The molecular weight excluding hydrogens is 68.0 g/mol. The van der Waals surface area contributed by atoms with Crippen LogP contribution in [0.2, 0.25) is 0 Å². The van der Waals surface area contributed by atoms with Crippen molar-refractivity contribution in [2.75, 3.05) is 0 Å². The largest absolute Gasteiger partial charge is 0.412 e. The molecule has 0 bridgehead atoms. The first kappa shape index (κ1) is 11800. The zero-order chi connectivity index (χ0) is 0. The SMILES string of the molecule is C.C.C.O.O.[HH].[HH].[HH].[HH].